The molecule has 1 saturated carbocycles. The number of halogens is 4. The fraction of sp³-hybridized carbons (Fsp3) is 0.280. The van der Waals surface area contributed by atoms with Gasteiger partial charge in [0.15, 0.2) is 21.3 Å². The Morgan fingerprint density at radius 1 is 1.03 bits per heavy atom. The topological polar surface area (TPSA) is 107 Å². The predicted octanol–water partition coefficient (Wildman–Crippen LogP) is 2.99. The number of rotatable bonds is 3. The molecule has 196 valence electrons. The number of hydrogen-bond donors (Lipinski definition) is 1. The van der Waals surface area contributed by atoms with Gasteiger partial charge in [0.1, 0.15) is 0 Å². The number of alkyl halides is 3. The molecule has 3 aromatic rings. The van der Waals surface area contributed by atoms with Crippen molar-refractivity contribution in [2.75, 3.05) is 5.45 Å². The summed E-state index contributed by atoms with van der Waals surface area (Å²) in [7, 11) is 0. The Balaban J connectivity index is 1.62. The van der Waals surface area contributed by atoms with E-state index in [1.807, 2.05) is 0 Å². The van der Waals surface area contributed by atoms with Crippen LogP contribution in [0.25, 0.3) is 5.69 Å². The van der Waals surface area contributed by atoms with Gasteiger partial charge in [-0.05, 0) is 35.4 Å². The predicted molar refractivity (Wildman–Crippen MR) is 140 cm³/mol. The van der Waals surface area contributed by atoms with E-state index >= 15 is 0 Å². The van der Waals surface area contributed by atoms with Gasteiger partial charge < -0.3 is 5.11 Å². The molecular formula is C25H18BrCl2FN4O5. The van der Waals surface area contributed by atoms with E-state index < -0.39 is 56.5 Å². The fourth-order valence-corrected chi connectivity index (χ4v) is 7.30. The van der Waals surface area contributed by atoms with Gasteiger partial charge in [0, 0.05) is 12.3 Å². The lowest BCUT2D eigenvalue weighted by molar-refractivity contribution is -0.138. The van der Waals surface area contributed by atoms with Crippen molar-refractivity contribution in [2.45, 2.75) is 34.7 Å². The number of amides is 2. The third kappa shape index (κ3) is 3.03. The molecule has 9 nitrogen and oxygen atoms in total. The first kappa shape index (κ1) is 25.1. The molecule has 2 aliphatic heterocycles. The van der Waals surface area contributed by atoms with Gasteiger partial charge >= 0.3 is 11.4 Å². The zero-order chi connectivity index (χ0) is 27.1. The minimum Gasteiger partial charge on any atom is -0.505 e. The molecule has 4 atom stereocenters. The molecule has 1 N–H and O–H groups in total. The minimum absolute atomic E-state index is 0.0383. The van der Waals surface area contributed by atoms with E-state index in [9.17, 15) is 28.7 Å². The number of phenolic OH excluding ortho intramolecular Hbond substituents is 1. The number of hydrogen-bond acceptors (Lipinski definition) is 5. The molecule has 1 saturated heterocycles. The molecule has 2 amide bonds. The van der Waals surface area contributed by atoms with Gasteiger partial charge in [-0.25, -0.2) is 27.9 Å². The maximum absolute atomic E-state index is 14.6. The van der Waals surface area contributed by atoms with Gasteiger partial charge in [-0.2, -0.15) is 0 Å². The first-order valence-electron chi connectivity index (χ1n) is 11.5. The third-order valence-corrected chi connectivity index (χ3v) is 9.52. The van der Waals surface area contributed by atoms with Gasteiger partial charge in [0.25, 0.3) is 11.8 Å². The highest BCUT2D eigenvalue weighted by Crippen LogP contribution is 2.63. The number of carbonyl (C=O) groups excluding carboxylic acids is 2. The molecule has 3 heterocycles. The van der Waals surface area contributed by atoms with Crippen molar-refractivity contribution in [3.05, 3.63) is 92.5 Å². The molecule has 0 spiro atoms. The highest BCUT2D eigenvalue weighted by molar-refractivity contribution is 9.09. The number of aromatic hydroxyl groups is 1. The molecule has 2 aromatic carbocycles. The molecule has 38 heavy (non-hydrogen) atoms. The summed E-state index contributed by atoms with van der Waals surface area (Å²) >= 11 is 17.2. The highest BCUT2D eigenvalue weighted by Gasteiger charge is 2.75. The number of aromatic nitrogens is 3. The number of phenols is 1. The minimum atomic E-state index is -2.07. The van der Waals surface area contributed by atoms with Crippen LogP contribution >= 0.6 is 39.1 Å². The van der Waals surface area contributed by atoms with Crippen molar-refractivity contribution in [3.63, 3.8) is 0 Å². The lowest BCUT2D eigenvalue weighted by atomic mass is 9.64. The molecular weight excluding hydrogens is 606 g/mol. The summed E-state index contributed by atoms with van der Waals surface area (Å²) in [5, 5.41) is 9.79. The summed E-state index contributed by atoms with van der Waals surface area (Å²) in [6.45, 7) is -0.0383. The number of nitrogens with zero attached hydrogens (tertiary/aromatic N) is 4. The van der Waals surface area contributed by atoms with E-state index in [4.69, 9.17) is 23.2 Å². The van der Waals surface area contributed by atoms with E-state index in [1.54, 1.807) is 36.4 Å². The van der Waals surface area contributed by atoms with E-state index in [2.05, 4.69) is 15.9 Å². The SMILES string of the molecule is O=C1N(CBr)C(=O)C2(Cl)C(c3ccc(O)c(F)c3)C3=CCn4c(=O)n(-c5ccccc5)c(=O)n4C3CC12Cl. The monoisotopic (exact) mass is 622 g/mol. The molecule has 0 radical (unpaired) electrons. The van der Waals surface area contributed by atoms with Crippen molar-refractivity contribution >= 4 is 50.9 Å². The molecule has 0 bridgehead atoms. The summed E-state index contributed by atoms with van der Waals surface area (Å²) in [5.74, 6) is -4.27. The number of imide groups is 1. The lowest BCUT2D eigenvalue weighted by Gasteiger charge is -2.49. The third-order valence-electron chi connectivity index (χ3n) is 7.60. The van der Waals surface area contributed by atoms with Gasteiger partial charge in [-0.3, -0.25) is 14.5 Å². The smallest absolute Gasteiger partial charge is 0.352 e. The quantitative estimate of drug-likeness (QED) is 0.209. The second-order valence-electron chi connectivity index (χ2n) is 9.40. The summed E-state index contributed by atoms with van der Waals surface area (Å²) in [6, 6.07) is 10.9. The van der Waals surface area contributed by atoms with Crippen molar-refractivity contribution in [3.8, 4) is 11.4 Å². The van der Waals surface area contributed by atoms with Gasteiger partial charge in [0.05, 0.1) is 23.7 Å². The summed E-state index contributed by atoms with van der Waals surface area (Å²) in [5.41, 5.74) is -0.458. The Kier molecular flexibility index (Phi) is 5.57. The van der Waals surface area contributed by atoms with E-state index in [1.165, 1.54) is 15.4 Å². The lowest BCUT2D eigenvalue weighted by Crippen LogP contribution is -2.59. The largest absolute Gasteiger partial charge is 0.505 e. The second-order valence-corrected chi connectivity index (χ2v) is 11.1. The normalized spacial score (nSPS) is 28.1. The molecule has 2 fully saturated rings. The maximum atomic E-state index is 14.6. The van der Waals surface area contributed by atoms with Crippen LogP contribution in [-0.2, 0) is 16.1 Å². The molecule has 1 aliphatic carbocycles. The van der Waals surface area contributed by atoms with Crippen LogP contribution in [0.1, 0.15) is 23.9 Å². The first-order chi connectivity index (χ1) is 18.1. The van der Waals surface area contributed by atoms with Crippen molar-refractivity contribution in [1.29, 1.82) is 0 Å². The Bertz CT molecular complexity index is 1680. The second kappa shape index (κ2) is 8.42. The molecule has 1 aromatic heterocycles. The van der Waals surface area contributed by atoms with Crippen molar-refractivity contribution in [1.82, 2.24) is 18.8 Å². The average Bonchev–Trinajstić information content (AvgIpc) is 3.24. The van der Waals surface area contributed by atoms with E-state index in [0.717, 1.165) is 21.6 Å². The summed E-state index contributed by atoms with van der Waals surface area (Å²) < 4.78 is 18.0. The number of fused-ring (bicyclic) bond motifs is 4. The van der Waals surface area contributed by atoms with Crippen LogP contribution in [0.5, 0.6) is 5.75 Å². The van der Waals surface area contributed by atoms with E-state index in [0.29, 0.717) is 11.3 Å². The Morgan fingerprint density at radius 2 is 1.74 bits per heavy atom. The number of allylic oxidation sites excluding steroid dienone is 2. The van der Waals surface area contributed by atoms with E-state index in [-0.39, 0.29) is 24.0 Å². The average molecular weight is 624 g/mol. The van der Waals surface area contributed by atoms with Crippen LogP contribution in [0.4, 0.5) is 4.39 Å². The zero-order valence-corrected chi connectivity index (χ0v) is 22.5. The Morgan fingerprint density at radius 3 is 2.39 bits per heavy atom. The molecule has 4 unspecified atom stereocenters. The van der Waals surface area contributed by atoms with Gasteiger partial charge in [-0.15, -0.1) is 23.2 Å². The van der Waals surface area contributed by atoms with Crippen LogP contribution < -0.4 is 11.4 Å². The highest BCUT2D eigenvalue weighted by atomic mass is 79.9. The number of para-hydroxylation sites is 1. The summed E-state index contributed by atoms with van der Waals surface area (Å²) in [4.78, 5) is 51.0. The number of carbonyl (C=O) groups is 2. The first-order valence-corrected chi connectivity index (χ1v) is 13.4. The van der Waals surface area contributed by atoms with Crippen LogP contribution in [0.15, 0.2) is 69.8 Å². The van der Waals surface area contributed by atoms with Crippen LogP contribution in [-0.4, -0.2) is 51.0 Å². The maximum Gasteiger partial charge on any atom is 0.352 e. The van der Waals surface area contributed by atoms with Crippen molar-refractivity contribution < 1.29 is 19.1 Å². The van der Waals surface area contributed by atoms with Gasteiger partial charge in [0.2, 0.25) is 0 Å². The zero-order valence-electron chi connectivity index (χ0n) is 19.4. The fourth-order valence-electron chi connectivity index (χ4n) is 5.89. The van der Waals surface area contributed by atoms with Gasteiger partial charge in [-0.1, -0.05) is 46.3 Å². The number of likely N-dealkylation sites (tertiary alicyclic amines) is 1. The molecule has 6 rings (SSSR count). The van der Waals surface area contributed by atoms with Crippen LogP contribution in [0, 0.1) is 5.82 Å². The Hall–Kier alpha value is -3.15. The number of benzene rings is 2. The Labute approximate surface area is 232 Å². The summed E-state index contributed by atoms with van der Waals surface area (Å²) in [6.07, 6.45) is 1.39. The van der Waals surface area contributed by atoms with Crippen LogP contribution in [0.2, 0.25) is 0 Å². The standard InChI is InChI=1S/C25H18BrCl2FN4O5/c26-12-30-20(35)24(27)11-17-15(19(25(24,28)21(30)36)13-6-7-18(34)16(29)10-13)8-9-31-22(37)32(23(38)33(17)31)14-4-2-1-3-5-14/h1-8,10,17,19,34H,9,11-12H2. The van der Waals surface area contributed by atoms with Crippen LogP contribution in [0.3, 0.4) is 0 Å². The molecule has 13 heteroatoms. The van der Waals surface area contributed by atoms with Crippen molar-refractivity contribution in [2.24, 2.45) is 0 Å². The molecule has 3 aliphatic rings.